The summed E-state index contributed by atoms with van der Waals surface area (Å²) in [7, 11) is 3.79. The Morgan fingerprint density at radius 3 is 3.27 bits per heavy atom. The molecule has 1 aliphatic heterocycles. The van der Waals surface area contributed by atoms with Gasteiger partial charge in [0.25, 0.3) is 0 Å². The summed E-state index contributed by atoms with van der Waals surface area (Å²) in [5.74, 6) is 0. The molecule has 2 atom stereocenters. The summed E-state index contributed by atoms with van der Waals surface area (Å²) in [6.07, 6.45) is 3.22. The van der Waals surface area contributed by atoms with Crippen LogP contribution in [0.2, 0.25) is 0 Å². The molecule has 0 amide bonds. The number of rotatable bonds is 0. The van der Waals surface area contributed by atoms with E-state index in [4.69, 9.17) is 0 Å². The molecule has 3 heteroatoms. The Balaban J connectivity index is 2.11. The average Bonchev–Trinajstić information content (AvgIpc) is 2.32. The number of fused-ring (bicyclic) bond motifs is 1. The molecule has 0 N–H and O–H groups in total. The zero-order valence-electron chi connectivity index (χ0n) is 6.53. The Kier molecular flexibility index (Phi) is 1.44. The number of nitrogens with zero attached hydrogens (tertiary/aromatic N) is 3. The van der Waals surface area contributed by atoms with Crippen molar-refractivity contribution >= 4 is 0 Å². The van der Waals surface area contributed by atoms with Crippen LogP contribution in [0.5, 0.6) is 0 Å². The Bertz CT molecular complexity index is 209. The van der Waals surface area contributed by atoms with Gasteiger partial charge in [0.1, 0.15) is 0 Å². The predicted molar refractivity (Wildman–Crippen MR) is 42.6 cm³/mol. The van der Waals surface area contributed by atoms with Crippen LogP contribution in [-0.2, 0) is 0 Å². The predicted octanol–water partition coefficient (Wildman–Crippen LogP) is 1.94. The van der Waals surface area contributed by atoms with E-state index in [2.05, 4.69) is 24.0 Å². The Morgan fingerprint density at radius 1 is 1.64 bits per heavy atom. The van der Waals surface area contributed by atoms with Crippen molar-refractivity contribution in [3.63, 3.8) is 0 Å². The van der Waals surface area contributed by atoms with Crippen LogP contribution >= 0.6 is 0 Å². The summed E-state index contributed by atoms with van der Waals surface area (Å²) in [6, 6.07) is 0.786. The van der Waals surface area contributed by atoms with Crippen molar-refractivity contribution in [3.05, 3.63) is 19.2 Å². The van der Waals surface area contributed by atoms with Crippen LogP contribution in [0.15, 0.2) is 22.5 Å². The summed E-state index contributed by atoms with van der Waals surface area (Å²) in [4.78, 5) is 0. The molecule has 1 fully saturated rings. The molecule has 0 bridgehead atoms. The molecule has 0 aromatic rings. The van der Waals surface area contributed by atoms with Gasteiger partial charge in [0.15, 0.2) is 0 Å². The molecule has 2 unspecified atom stereocenters. The molecule has 0 aromatic heterocycles. The first-order valence-corrected chi connectivity index (χ1v) is 3.94. The highest BCUT2D eigenvalue weighted by atomic mass is 15.6. The van der Waals surface area contributed by atoms with Crippen LogP contribution in [0.3, 0.4) is 0 Å². The summed E-state index contributed by atoms with van der Waals surface area (Å²) < 4.78 is 0. The molecule has 0 spiro atoms. The molecule has 1 aliphatic carbocycles. The second kappa shape index (κ2) is 2.32. The van der Waals surface area contributed by atoms with E-state index < -0.39 is 0 Å². The van der Waals surface area contributed by atoms with Crippen LogP contribution < -0.4 is 0 Å². The Labute approximate surface area is 66.8 Å². The minimum Gasteiger partial charge on any atom is -0.423 e. The van der Waals surface area contributed by atoms with Crippen LogP contribution in [0.25, 0.3) is 0 Å². The van der Waals surface area contributed by atoms with E-state index >= 15 is 0 Å². The van der Waals surface area contributed by atoms with Gasteiger partial charge in [-0.3, -0.25) is 0 Å². The van der Waals surface area contributed by atoms with Gasteiger partial charge in [-0.05, 0) is 19.3 Å². The van der Waals surface area contributed by atoms with Crippen LogP contribution in [-0.4, -0.2) is 17.1 Å². The second-order valence-corrected chi connectivity index (χ2v) is 3.27. The maximum atomic E-state index is 4.12. The molecule has 1 saturated carbocycles. The first kappa shape index (κ1) is 6.83. The van der Waals surface area contributed by atoms with E-state index in [9.17, 15) is 0 Å². The van der Waals surface area contributed by atoms with Crippen molar-refractivity contribution < 1.29 is 0 Å². The normalized spacial score (nSPS) is 36.1. The van der Waals surface area contributed by atoms with Crippen molar-refractivity contribution in [2.45, 2.75) is 31.3 Å². The SMILES string of the molecule is C=C1CCC2C(C1)N=NN2[CH2-]. The third-order valence-corrected chi connectivity index (χ3v) is 2.43. The fourth-order valence-electron chi connectivity index (χ4n) is 1.74. The molecule has 3 nitrogen and oxygen atoms in total. The minimum absolute atomic E-state index is 0.341. The summed E-state index contributed by atoms with van der Waals surface area (Å²) in [5.41, 5.74) is 1.31. The number of hydrogen-bond acceptors (Lipinski definition) is 3. The van der Waals surface area contributed by atoms with Gasteiger partial charge in [-0.1, -0.05) is 12.2 Å². The third-order valence-electron chi connectivity index (χ3n) is 2.43. The molecular formula is C8H12N3-. The zero-order valence-corrected chi connectivity index (χ0v) is 6.53. The lowest BCUT2D eigenvalue weighted by Gasteiger charge is -2.32. The van der Waals surface area contributed by atoms with E-state index in [1.54, 1.807) is 5.01 Å². The van der Waals surface area contributed by atoms with Gasteiger partial charge >= 0.3 is 0 Å². The van der Waals surface area contributed by atoms with E-state index in [0.717, 1.165) is 19.3 Å². The highest BCUT2D eigenvalue weighted by molar-refractivity contribution is 5.07. The molecule has 2 aliphatic rings. The van der Waals surface area contributed by atoms with Gasteiger partial charge in [-0.25, -0.2) is 7.05 Å². The lowest BCUT2D eigenvalue weighted by atomic mass is 9.88. The van der Waals surface area contributed by atoms with Gasteiger partial charge in [0.05, 0.1) is 6.04 Å². The molecular weight excluding hydrogens is 138 g/mol. The minimum atomic E-state index is 0.341. The van der Waals surface area contributed by atoms with Crippen LogP contribution in [0.4, 0.5) is 0 Å². The van der Waals surface area contributed by atoms with Gasteiger partial charge in [-0.2, -0.15) is 5.11 Å². The zero-order chi connectivity index (χ0) is 7.84. The van der Waals surface area contributed by atoms with E-state index in [1.807, 2.05) is 0 Å². The third kappa shape index (κ3) is 1.04. The average molecular weight is 150 g/mol. The lowest BCUT2D eigenvalue weighted by molar-refractivity contribution is 0.266. The maximum absolute atomic E-state index is 4.12. The molecule has 0 saturated heterocycles. The van der Waals surface area contributed by atoms with E-state index in [-0.39, 0.29) is 0 Å². The summed E-state index contributed by atoms with van der Waals surface area (Å²) >= 11 is 0. The van der Waals surface area contributed by atoms with Crippen molar-refractivity contribution in [2.75, 3.05) is 0 Å². The fraction of sp³-hybridized carbons (Fsp3) is 0.625. The molecule has 1 heterocycles. The van der Waals surface area contributed by atoms with E-state index in [0.29, 0.717) is 12.1 Å². The first-order valence-electron chi connectivity index (χ1n) is 3.94. The lowest BCUT2D eigenvalue weighted by Crippen LogP contribution is -2.34. The first-order chi connectivity index (χ1) is 5.27. The quantitative estimate of drug-likeness (QED) is 0.383. The topological polar surface area (TPSA) is 28.0 Å². The highest BCUT2D eigenvalue weighted by Crippen LogP contribution is 2.32. The molecule has 11 heavy (non-hydrogen) atoms. The van der Waals surface area contributed by atoms with Crippen LogP contribution in [0.1, 0.15) is 19.3 Å². The van der Waals surface area contributed by atoms with Gasteiger partial charge < -0.3 is 5.01 Å². The Hall–Kier alpha value is -0.860. The Morgan fingerprint density at radius 2 is 2.45 bits per heavy atom. The molecule has 60 valence electrons. The van der Waals surface area contributed by atoms with Crippen LogP contribution in [0, 0.1) is 7.05 Å². The molecule has 0 aromatic carbocycles. The maximum Gasteiger partial charge on any atom is 0.0956 e. The molecule has 2 rings (SSSR count). The largest absolute Gasteiger partial charge is 0.423 e. The van der Waals surface area contributed by atoms with Gasteiger partial charge in [0, 0.05) is 6.04 Å². The standard InChI is InChI=1S/C8H12N3/c1-6-3-4-8-7(5-6)9-10-11(8)2/h7-8H,1-5H2/q-1. The second-order valence-electron chi connectivity index (χ2n) is 3.27. The molecule has 0 radical (unpaired) electrons. The van der Waals surface area contributed by atoms with Crippen molar-refractivity contribution in [3.8, 4) is 0 Å². The van der Waals surface area contributed by atoms with Crippen molar-refractivity contribution in [2.24, 2.45) is 10.3 Å². The summed E-state index contributed by atoms with van der Waals surface area (Å²) in [5, 5.41) is 9.77. The van der Waals surface area contributed by atoms with Crippen molar-refractivity contribution in [1.82, 2.24) is 5.01 Å². The number of hydrogen-bond donors (Lipinski definition) is 0. The smallest absolute Gasteiger partial charge is 0.0956 e. The van der Waals surface area contributed by atoms with Crippen molar-refractivity contribution in [1.29, 1.82) is 0 Å². The monoisotopic (exact) mass is 150 g/mol. The van der Waals surface area contributed by atoms with Gasteiger partial charge in [0.2, 0.25) is 0 Å². The fourth-order valence-corrected chi connectivity index (χ4v) is 1.74. The van der Waals surface area contributed by atoms with Gasteiger partial charge in [-0.15, -0.1) is 5.22 Å². The summed E-state index contributed by atoms with van der Waals surface area (Å²) in [6.45, 7) is 3.96. The van der Waals surface area contributed by atoms with E-state index in [1.165, 1.54) is 5.57 Å². The highest BCUT2D eigenvalue weighted by Gasteiger charge is 2.30.